The SMILES string of the molecule is Cc1ccc(N(CCc2ccccc2F)C(=O)C(N)c2ccccc2)cc1C. The summed E-state index contributed by atoms with van der Waals surface area (Å²) in [5.74, 6) is -0.465. The van der Waals surface area contributed by atoms with Crippen molar-refractivity contribution >= 4 is 11.6 Å². The van der Waals surface area contributed by atoms with Crippen LogP contribution >= 0.6 is 0 Å². The second-order valence-electron chi connectivity index (χ2n) is 6.99. The number of rotatable bonds is 6. The predicted molar refractivity (Wildman–Crippen MR) is 112 cm³/mol. The molecule has 0 radical (unpaired) electrons. The molecule has 1 unspecified atom stereocenters. The minimum atomic E-state index is -0.775. The van der Waals surface area contributed by atoms with Crippen LogP contribution in [0.5, 0.6) is 0 Å². The number of hydrogen-bond donors (Lipinski definition) is 1. The molecule has 0 aliphatic heterocycles. The molecule has 2 N–H and O–H groups in total. The molecule has 0 bridgehead atoms. The van der Waals surface area contributed by atoms with Gasteiger partial charge in [-0.2, -0.15) is 0 Å². The minimum absolute atomic E-state index is 0.203. The van der Waals surface area contributed by atoms with E-state index in [1.807, 2.05) is 62.4 Å². The van der Waals surface area contributed by atoms with Crippen molar-refractivity contribution in [1.29, 1.82) is 0 Å². The number of halogens is 1. The Hall–Kier alpha value is -2.98. The first-order valence-electron chi connectivity index (χ1n) is 9.40. The highest BCUT2D eigenvalue weighted by molar-refractivity contribution is 5.97. The van der Waals surface area contributed by atoms with Gasteiger partial charge in [0.05, 0.1) is 0 Å². The van der Waals surface area contributed by atoms with Crippen molar-refractivity contribution in [2.45, 2.75) is 26.3 Å². The van der Waals surface area contributed by atoms with Crippen LogP contribution in [0.2, 0.25) is 0 Å². The lowest BCUT2D eigenvalue weighted by molar-refractivity contribution is -0.120. The fourth-order valence-corrected chi connectivity index (χ4v) is 3.16. The molecule has 1 atom stereocenters. The Morgan fingerprint density at radius 2 is 1.64 bits per heavy atom. The molecule has 1 amide bonds. The van der Waals surface area contributed by atoms with Crippen LogP contribution in [-0.2, 0) is 11.2 Å². The highest BCUT2D eigenvalue weighted by atomic mass is 19.1. The van der Waals surface area contributed by atoms with Gasteiger partial charge >= 0.3 is 0 Å². The smallest absolute Gasteiger partial charge is 0.248 e. The second kappa shape index (κ2) is 8.81. The summed E-state index contributed by atoms with van der Waals surface area (Å²) < 4.78 is 14.1. The Bertz CT molecular complexity index is 956. The Morgan fingerprint density at radius 1 is 0.964 bits per heavy atom. The maximum atomic E-state index is 14.1. The van der Waals surface area contributed by atoms with E-state index in [0.717, 1.165) is 22.4 Å². The summed E-state index contributed by atoms with van der Waals surface area (Å²) in [4.78, 5) is 14.9. The maximum absolute atomic E-state index is 14.1. The Balaban J connectivity index is 1.90. The molecule has 4 heteroatoms. The number of carbonyl (C=O) groups excluding carboxylic acids is 1. The maximum Gasteiger partial charge on any atom is 0.248 e. The molecule has 0 spiro atoms. The lowest BCUT2D eigenvalue weighted by Gasteiger charge is -2.27. The molecule has 0 aliphatic carbocycles. The number of carbonyl (C=O) groups is 1. The molecule has 0 aliphatic rings. The zero-order chi connectivity index (χ0) is 20.1. The lowest BCUT2D eigenvalue weighted by atomic mass is 10.0. The molecule has 0 aromatic heterocycles. The molecule has 3 aromatic rings. The van der Waals surface area contributed by atoms with Crippen molar-refractivity contribution in [1.82, 2.24) is 0 Å². The van der Waals surface area contributed by atoms with Gasteiger partial charge in [0.1, 0.15) is 11.9 Å². The van der Waals surface area contributed by atoms with Gasteiger partial charge < -0.3 is 10.6 Å². The monoisotopic (exact) mass is 376 g/mol. The molecule has 3 nitrogen and oxygen atoms in total. The minimum Gasteiger partial charge on any atom is -0.316 e. The Kier molecular flexibility index (Phi) is 6.22. The zero-order valence-electron chi connectivity index (χ0n) is 16.2. The number of aryl methyl sites for hydroxylation is 2. The van der Waals surface area contributed by atoms with E-state index in [0.29, 0.717) is 18.5 Å². The van der Waals surface area contributed by atoms with Gasteiger partial charge in [-0.05, 0) is 60.7 Å². The Morgan fingerprint density at radius 3 is 2.32 bits per heavy atom. The lowest BCUT2D eigenvalue weighted by Crippen LogP contribution is -2.40. The van der Waals surface area contributed by atoms with Gasteiger partial charge in [-0.3, -0.25) is 4.79 Å². The third kappa shape index (κ3) is 4.46. The van der Waals surface area contributed by atoms with Gasteiger partial charge in [-0.15, -0.1) is 0 Å². The van der Waals surface area contributed by atoms with E-state index in [9.17, 15) is 9.18 Å². The number of nitrogens with two attached hydrogens (primary N) is 1. The highest BCUT2D eigenvalue weighted by Crippen LogP contribution is 2.23. The third-order valence-electron chi connectivity index (χ3n) is 5.06. The third-order valence-corrected chi connectivity index (χ3v) is 5.06. The topological polar surface area (TPSA) is 46.3 Å². The van der Waals surface area contributed by atoms with Gasteiger partial charge in [0.25, 0.3) is 0 Å². The first kappa shape index (κ1) is 19.8. The van der Waals surface area contributed by atoms with Crippen LogP contribution < -0.4 is 10.6 Å². The van der Waals surface area contributed by atoms with E-state index in [4.69, 9.17) is 5.73 Å². The Labute approximate surface area is 165 Å². The molecule has 0 saturated heterocycles. The van der Waals surface area contributed by atoms with E-state index in [1.54, 1.807) is 23.1 Å². The predicted octanol–water partition coefficient (Wildman–Crippen LogP) is 4.72. The number of anilines is 1. The van der Waals surface area contributed by atoms with Crippen molar-refractivity contribution in [3.05, 3.63) is 101 Å². The van der Waals surface area contributed by atoms with Gasteiger partial charge in [0.2, 0.25) is 5.91 Å². The van der Waals surface area contributed by atoms with Gasteiger partial charge in [0, 0.05) is 12.2 Å². The number of amides is 1. The van der Waals surface area contributed by atoms with Crippen LogP contribution in [0.1, 0.15) is 28.3 Å². The molecular formula is C24H25FN2O. The fraction of sp³-hybridized carbons (Fsp3) is 0.208. The van der Waals surface area contributed by atoms with Crippen molar-refractivity contribution in [2.24, 2.45) is 5.73 Å². The fourth-order valence-electron chi connectivity index (χ4n) is 3.16. The van der Waals surface area contributed by atoms with Gasteiger partial charge in [-0.25, -0.2) is 4.39 Å². The molecule has 0 fully saturated rings. The molecule has 28 heavy (non-hydrogen) atoms. The summed E-state index contributed by atoms with van der Waals surface area (Å²) in [5.41, 5.74) is 10.6. The normalized spacial score (nSPS) is 11.9. The summed E-state index contributed by atoms with van der Waals surface area (Å²) in [6.07, 6.45) is 0.410. The van der Waals surface area contributed by atoms with Crippen LogP contribution in [0.4, 0.5) is 10.1 Å². The summed E-state index contributed by atoms with van der Waals surface area (Å²) in [5, 5.41) is 0. The quantitative estimate of drug-likeness (QED) is 0.677. The average molecular weight is 376 g/mol. The van der Waals surface area contributed by atoms with E-state index < -0.39 is 6.04 Å². The summed E-state index contributed by atoms with van der Waals surface area (Å²) in [6.45, 7) is 4.39. The molecule has 3 rings (SSSR count). The van der Waals surface area contributed by atoms with Crippen molar-refractivity contribution in [3.63, 3.8) is 0 Å². The molecular weight excluding hydrogens is 351 g/mol. The summed E-state index contributed by atoms with van der Waals surface area (Å²) in [6, 6.07) is 21.1. The van der Waals surface area contributed by atoms with Crippen molar-refractivity contribution < 1.29 is 9.18 Å². The van der Waals surface area contributed by atoms with Crippen LogP contribution in [0.25, 0.3) is 0 Å². The number of benzene rings is 3. The van der Waals surface area contributed by atoms with Crippen LogP contribution in [0.15, 0.2) is 72.8 Å². The summed E-state index contributed by atoms with van der Waals surface area (Å²) in [7, 11) is 0. The van der Waals surface area contributed by atoms with Crippen LogP contribution in [0, 0.1) is 19.7 Å². The average Bonchev–Trinajstić information content (AvgIpc) is 2.72. The van der Waals surface area contributed by atoms with Gasteiger partial charge in [0.15, 0.2) is 0 Å². The standard InChI is InChI=1S/C24H25FN2O/c1-17-12-13-21(16-18(17)2)27(15-14-19-8-6-7-11-22(19)25)24(28)23(26)20-9-4-3-5-10-20/h3-13,16,23H,14-15,26H2,1-2H3. The number of hydrogen-bond acceptors (Lipinski definition) is 2. The van der Waals surface area contributed by atoms with E-state index >= 15 is 0 Å². The summed E-state index contributed by atoms with van der Waals surface area (Å²) >= 11 is 0. The van der Waals surface area contributed by atoms with Crippen LogP contribution in [-0.4, -0.2) is 12.5 Å². The molecule has 3 aromatic carbocycles. The first-order chi connectivity index (χ1) is 13.5. The zero-order valence-corrected chi connectivity index (χ0v) is 16.2. The van der Waals surface area contributed by atoms with E-state index in [2.05, 4.69) is 0 Å². The van der Waals surface area contributed by atoms with Gasteiger partial charge in [-0.1, -0.05) is 54.6 Å². The van der Waals surface area contributed by atoms with Crippen LogP contribution in [0.3, 0.4) is 0 Å². The van der Waals surface area contributed by atoms with E-state index in [1.165, 1.54) is 6.07 Å². The van der Waals surface area contributed by atoms with Crippen molar-refractivity contribution in [3.8, 4) is 0 Å². The second-order valence-corrected chi connectivity index (χ2v) is 6.99. The largest absolute Gasteiger partial charge is 0.316 e. The van der Waals surface area contributed by atoms with Crippen molar-refractivity contribution in [2.75, 3.05) is 11.4 Å². The highest BCUT2D eigenvalue weighted by Gasteiger charge is 2.24. The molecule has 0 heterocycles. The number of nitrogens with zero attached hydrogens (tertiary/aromatic N) is 1. The molecule has 144 valence electrons. The first-order valence-corrected chi connectivity index (χ1v) is 9.40. The molecule has 0 saturated carbocycles. The van der Waals surface area contributed by atoms with E-state index in [-0.39, 0.29) is 11.7 Å².